The summed E-state index contributed by atoms with van der Waals surface area (Å²) in [5, 5.41) is 21.7. The molecule has 2 amide bonds. The molecule has 1 unspecified atom stereocenters. The summed E-state index contributed by atoms with van der Waals surface area (Å²) in [7, 11) is 0. The number of rotatable bonds is 10. The predicted octanol–water partition coefficient (Wildman–Crippen LogP) is 5.56. The molecule has 2 heterocycles. The molecule has 1 saturated carbocycles. The SMILES string of the molecule is Cc1ccc(C(=O)C2NCCc3ccccc32)cc1C(=O)N[C@@H](Cc1ccccc1)[C@@H](O)CN1C[C@H]2CCCC[C@H]2C[C@H]1C(=O)NC(C)(C)C. The van der Waals surface area contributed by atoms with Crippen molar-refractivity contribution in [3.05, 3.63) is 106 Å². The number of aliphatic hydroxyl groups is 1. The van der Waals surface area contributed by atoms with Gasteiger partial charge in [-0.1, -0.05) is 86.0 Å². The van der Waals surface area contributed by atoms with Crippen molar-refractivity contribution >= 4 is 17.6 Å². The number of amides is 2. The average molecular weight is 679 g/mol. The number of benzene rings is 3. The van der Waals surface area contributed by atoms with E-state index in [1.54, 1.807) is 12.1 Å². The third-order valence-electron chi connectivity index (χ3n) is 10.9. The maximum absolute atomic E-state index is 14.1. The maximum Gasteiger partial charge on any atom is 0.251 e. The minimum absolute atomic E-state index is 0.00422. The van der Waals surface area contributed by atoms with Crippen LogP contribution in [0.15, 0.2) is 72.8 Å². The fourth-order valence-corrected chi connectivity index (χ4v) is 8.32. The zero-order valence-corrected chi connectivity index (χ0v) is 30.1. The van der Waals surface area contributed by atoms with E-state index in [0.29, 0.717) is 35.9 Å². The Morgan fingerprint density at radius 3 is 2.44 bits per heavy atom. The van der Waals surface area contributed by atoms with Gasteiger partial charge in [-0.05, 0) is 93.5 Å². The van der Waals surface area contributed by atoms with Crippen molar-refractivity contribution < 1.29 is 19.5 Å². The van der Waals surface area contributed by atoms with Crippen LogP contribution in [-0.4, -0.2) is 71.0 Å². The zero-order valence-electron chi connectivity index (χ0n) is 30.1. The molecule has 3 aromatic rings. The second kappa shape index (κ2) is 15.6. The molecular formula is C42H54N4O4. The monoisotopic (exact) mass is 678 g/mol. The van der Waals surface area contributed by atoms with Crippen LogP contribution < -0.4 is 16.0 Å². The molecule has 2 aliphatic heterocycles. The Balaban J connectivity index is 1.23. The normalized spacial score (nSPS) is 23.5. The molecule has 8 heteroatoms. The van der Waals surface area contributed by atoms with Crippen LogP contribution in [0.1, 0.15) is 102 Å². The molecule has 6 rings (SSSR count). The Morgan fingerprint density at radius 2 is 1.68 bits per heavy atom. The highest BCUT2D eigenvalue weighted by Crippen LogP contribution is 2.39. The number of Topliss-reactive ketones (excluding diaryl/α,β-unsaturated/α-hetero) is 1. The number of carbonyl (C=O) groups excluding carboxylic acids is 3. The van der Waals surface area contributed by atoms with Gasteiger partial charge in [-0.25, -0.2) is 0 Å². The summed E-state index contributed by atoms with van der Waals surface area (Å²) < 4.78 is 0. The Hall–Kier alpha value is -3.85. The number of likely N-dealkylation sites (tertiary alicyclic amines) is 1. The Labute approximate surface area is 297 Å². The molecule has 1 aliphatic carbocycles. The summed E-state index contributed by atoms with van der Waals surface area (Å²) in [5.41, 5.74) is 4.41. The molecule has 6 atom stereocenters. The summed E-state index contributed by atoms with van der Waals surface area (Å²) >= 11 is 0. The Morgan fingerprint density at radius 1 is 0.960 bits per heavy atom. The van der Waals surface area contributed by atoms with Crippen LogP contribution in [0.5, 0.6) is 0 Å². The van der Waals surface area contributed by atoms with E-state index in [4.69, 9.17) is 0 Å². The summed E-state index contributed by atoms with van der Waals surface area (Å²) in [6.45, 7) is 9.60. The van der Waals surface area contributed by atoms with Gasteiger partial charge in [-0.2, -0.15) is 0 Å². The minimum atomic E-state index is -0.933. The van der Waals surface area contributed by atoms with E-state index >= 15 is 0 Å². The van der Waals surface area contributed by atoms with Gasteiger partial charge in [0.2, 0.25) is 5.91 Å². The molecular weight excluding hydrogens is 624 g/mol. The van der Waals surface area contributed by atoms with Gasteiger partial charge in [0.15, 0.2) is 5.78 Å². The topological polar surface area (TPSA) is 111 Å². The standard InChI is InChI=1S/C42H54N4O4/c1-27-18-19-31(39(48)38-33-17-11-10-14-29(33)20-21-43-38)23-34(27)40(49)44-35(22-28-12-6-5-7-13-28)37(47)26-46-25-32-16-9-8-15-30(32)24-36(46)41(50)45-42(2,3)4/h5-7,10-14,17-19,23,30,32,35-38,43,47H,8-9,15-16,20-22,24-26H2,1-4H3,(H,44,49)(H,45,50)/t30-,32+,35-,36-,37-,38?/m0/s1. The summed E-state index contributed by atoms with van der Waals surface area (Å²) in [4.78, 5) is 43.8. The fraction of sp³-hybridized carbons (Fsp3) is 0.500. The fourth-order valence-electron chi connectivity index (χ4n) is 8.32. The lowest BCUT2D eigenvalue weighted by atomic mass is 9.72. The molecule has 0 radical (unpaired) electrons. The van der Waals surface area contributed by atoms with Gasteiger partial charge in [0, 0.05) is 36.3 Å². The molecule has 50 heavy (non-hydrogen) atoms. The van der Waals surface area contributed by atoms with Crippen LogP contribution in [0.4, 0.5) is 0 Å². The van der Waals surface area contributed by atoms with E-state index in [1.807, 2.05) is 82.3 Å². The van der Waals surface area contributed by atoms with E-state index < -0.39 is 18.2 Å². The summed E-state index contributed by atoms with van der Waals surface area (Å²) in [6.07, 6.45) is 5.85. The number of carbonyl (C=O) groups is 3. The Bertz CT molecular complexity index is 1670. The third-order valence-corrected chi connectivity index (χ3v) is 10.9. The molecule has 0 aromatic heterocycles. The first-order valence-corrected chi connectivity index (χ1v) is 18.5. The van der Waals surface area contributed by atoms with Gasteiger partial charge < -0.3 is 21.1 Å². The number of fused-ring (bicyclic) bond motifs is 2. The van der Waals surface area contributed by atoms with E-state index in [1.165, 1.54) is 18.4 Å². The first kappa shape index (κ1) is 36.0. The number of piperidine rings is 1. The predicted molar refractivity (Wildman–Crippen MR) is 197 cm³/mol. The lowest BCUT2D eigenvalue weighted by molar-refractivity contribution is -0.132. The number of ketones is 1. The largest absolute Gasteiger partial charge is 0.390 e. The van der Waals surface area contributed by atoms with E-state index in [9.17, 15) is 19.5 Å². The zero-order chi connectivity index (χ0) is 35.4. The van der Waals surface area contributed by atoms with Crippen LogP contribution in [0.2, 0.25) is 0 Å². The first-order chi connectivity index (χ1) is 24.0. The number of β-amino-alcohol motifs (C(OH)–C–C–N with tert-alkyl or cyclic N) is 1. The maximum atomic E-state index is 14.1. The van der Waals surface area contributed by atoms with Crippen molar-refractivity contribution in [1.82, 2.24) is 20.9 Å². The molecule has 1 saturated heterocycles. The van der Waals surface area contributed by atoms with E-state index in [0.717, 1.165) is 48.9 Å². The van der Waals surface area contributed by atoms with Crippen molar-refractivity contribution in [2.45, 2.75) is 102 Å². The Kier molecular flexibility index (Phi) is 11.2. The van der Waals surface area contributed by atoms with Crippen molar-refractivity contribution in [2.24, 2.45) is 11.8 Å². The van der Waals surface area contributed by atoms with E-state index in [2.05, 4.69) is 26.9 Å². The number of nitrogens with zero attached hydrogens (tertiary/aromatic N) is 1. The van der Waals surface area contributed by atoms with Crippen LogP contribution in [-0.2, 0) is 17.6 Å². The van der Waals surface area contributed by atoms with E-state index in [-0.39, 0.29) is 35.7 Å². The molecule has 4 N–H and O–H groups in total. The van der Waals surface area contributed by atoms with Crippen LogP contribution in [0, 0.1) is 18.8 Å². The van der Waals surface area contributed by atoms with Crippen LogP contribution >= 0.6 is 0 Å². The third kappa shape index (κ3) is 8.53. The van der Waals surface area contributed by atoms with Crippen molar-refractivity contribution in [2.75, 3.05) is 19.6 Å². The summed E-state index contributed by atoms with van der Waals surface area (Å²) in [6, 6.07) is 21.8. The second-order valence-electron chi connectivity index (χ2n) is 15.8. The molecule has 8 nitrogen and oxygen atoms in total. The molecule has 266 valence electrons. The molecule has 3 aromatic carbocycles. The molecule has 0 spiro atoms. The van der Waals surface area contributed by atoms with Gasteiger partial charge in [-0.15, -0.1) is 0 Å². The van der Waals surface area contributed by atoms with Crippen molar-refractivity contribution in [1.29, 1.82) is 0 Å². The van der Waals surface area contributed by atoms with Crippen LogP contribution in [0.25, 0.3) is 0 Å². The van der Waals surface area contributed by atoms with Crippen molar-refractivity contribution in [3.8, 4) is 0 Å². The summed E-state index contributed by atoms with van der Waals surface area (Å²) in [5.74, 6) is 0.623. The lowest BCUT2D eigenvalue weighted by Gasteiger charge is -2.47. The smallest absolute Gasteiger partial charge is 0.251 e. The number of aliphatic hydroxyl groups excluding tert-OH is 1. The highest BCUT2D eigenvalue weighted by Gasteiger charge is 2.42. The first-order valence-electron chi connectivity index (χ1n) is 18.5. The number of hydrogen-bond donors (Lipinski definition) is 4. The van der Waals surface area contributed by atoms with Gasteiger partial charge in [0.05, 0.1) is 24.2 Å². The highest BCUT2D eigenvalue weighted by molar-refractivity contribution is 6.04. The number of nitrogens with one attached hydrogen (secondary N) is 3. The molecule has 2 fully saturated rings. The average Bonchev–Trinajstić information content (AvgIpc) is 3.10. The van der Waals surface area contributed by atoms with Gasteiger partial charge >= 0.3 is 0 Å². The van der Waals surface area contributed by atoms with Gasteiger partial charge in [0.25, 0.3) is 5.91 Å². The van der Waals surface area contributed by atoms with Gasteiger partial charge in [-0.3, -0.25) is 19.3 Å². The quantitative estimate of drug-likeness (QED) is 0.209. The number of aryl methyl sites for hydroxylation is 1. The second-order valence-corrected chi connectivity index (χ2v) is 15.8. The minimum Gasteiger partial charge on any atom is -0.390 e. The molecule has 3 aliphatic rings. The lowest BCUT2D eigenvalue weighted by Crippen LogP contribution is -2.60. The van der Waals surface area contributed by atoms with Gasteiger partial charge in [0.1, 0.15) is 0 Å². The molecule has 0 bridgehead atoms. The van der Waals surface area contributed by atoms with Crippen molar-refractivity contribution in [3.63, 3.8) is 0 Å². The highest BCUT2D eigenvalue weighted by atomic mass is 16.3. The van der Waals surface area contributed by atoms with Crippen LogP contribution in [0.3, 0.4) is 0 Å². The number of hydrogen-bond acceptors (Lipinski definition) is 6.